The minimum absolute atomic E-state index is 0.0577. The average Bonchev–Trinajstić information content (AvgIpc) is 2.68. The normalized spacial score (nSPS) is 17.5. The van der Waals surface area contributed by atoms with Gasteiger partial charge in [0.05, 0.1) is 0 Å². The van der Waals surface area contributed by atoms with Crippen molar-refractivity contribution in [2.45, 2.75) is 70.6 Å². The van der Waals surface area contributed by atoms with Gasteiger partial charge in [0, 0.05) is 25.2 Å². The van der Waals surface area contributed by atoms with Crippen LogP contribution < -0.4 is 10.0 Å². The second-order valence-electron chi connectivity index (χ2n) is 7.34. The molecule has 2 aliphatic carbocycles. The number of urea groups is 1. The van der Waals surface area contributed by atoms with Gasteiger partial charge in [0.15, 0.2) is 0 Å². The molecule has 0 bridgehead atoms. The fraction of sp³-hybridized carbons (Fsp3) is 0.700. The van der Waals surface area contributed by atoms with Gasteiger partial charge < -0.3 is 14.9 Å². The zero-order chi connectivity index (χ0) is 18.6. The molecular weight excluding hydrogens is 346 g/mol. The molecule has 6 heteroatoms. The smallest absolute Gasteiger partial charge is 0.321 e. The Morgan fingerprint density at radius 2 is 1.88 bits per heavy atom. The van der Waals surface area contributed by atoms with Crippen LogP contribution in [-0.4, -0.2) is 29.9 Å². The molecule has 5 nitrogen and oxygen atoms in total. The van der Waals surface area contributed by atoms with Gasteiger partial charge in [-0.05, 0) is 44.1 Å². The first-order valence-corrected chi connectivity index (χ1v) is 10.5. The average molecular weight is 380 g/mol. The SMILES string of the molecule is O=C(CCCN(CCCC1CCCCC1)C(=O)NC1=CCCC=C1)NS. The highest BCUT2D eigenvalue weighted by atomic mass is 32.1. The standard InChI is InChI=1S/C20H33N3O2S/c24-19(22-26)14-8-16-23(15-7-11-17-9-3-1-4-10-17)20(25)21-18-12-5-2-6-13-18/h5,12-13,17,26H,1-4,6-11,14-16H2,(H,21,25)(H,22,24). The molecule has 0 aliphatic heterocycles. The maximum absolute atomic E-state index is 12.7. The Bertz CT molecular complexity index is 513. The van der Waals surface area contributed by atoms with E-state index < -0.39 is 0 Å². The highest BCUT2D eigenvalue weighted by molar-refractivity contribution is 7.78. The summed E-state index contributed by atoms with van der Waals surface area (Å²) in [5, 5.41) is 3.01. The zero-order valence-electron chi connectivity index (χ0n) is 15.7. The van der Waals surface area contributed by atoms with E-state index in [0.29, 0.717) is 19.4 Å². The molecule has 0 heterocycles. The van der Waals surface area contributed by atoms with Crippen molar-refractivity contribution in [1.29, 1.82) is 0 Å². The summed E-state index contributed by atoms with van der Waals surface area (Å²) in [6.45, 7) is 1.34. The number of carbonyl (C=O) groups excluding carboxylic acids is 2. The molecule has 0 radical (unpaired) electrons. The maximum atomic E-state index is 12.7. The first-order valence-electron chi connectivity index (χ1n) is 10.0. The van der Waals surface area contributed by atoms with Crippen LogP contribution in [0.4, 0.5) is 4.79 Å². The molecule has 0 aromatic carbocycles. The molecule has 2 N–H and O–H groups in total. The third kappa shape index (κ3) is 7.85. The van der Waals surface area contributed by atoms with Crippen LogP contribution in [0.2, 0.25) is 0 Å². The maximum Gasteiger partial charge on any atom is 0.321 e. The van der Waals surface area contributed by atoms with E-state index in [1.165, 1.54) is 38.5 Å². The summed E-state index contributed by atoms with van der Waals surface area (Å²) in [6, 6.07) is -0.0577. The van der Waals surface area contributed by atoms with E-state index >= 15 is 0 Å². The van der Waals surface area contributed by atoms with Gasteiger partial charge in [0.2, 0.25) is 5.91 Å². The minimum atomic E-state index is -0.103. The molecule has 146 valence electrons. The van der Waals surface area contributed by atoms with Crippen LogP contribution in [0.25, 0.3) is 0 Å². The molecule has 0 aromatic heterocycles. The summed E-state index contributed by atoms with van der Waals surface area (Å²) in [4.78, 5) is 25.9. The fourth-order valence-corrected chi connectivity index (χ4v) is 3.87. The number of carbonyl (C=O) groups is 2. The minimum Gasteiger partial charge on any atom is -0.325 e. The largest absolute Gasteiger partial charge is 0.325 e. The molecule has 0 atom stereocenters. The Morgan fingerprint density at radius 3 is 2.58 bits per heavy atom. The molecule has 0 spiro atoms. The highest BCUT2D eigenvalue weighted by Crippen LogP contribution is 2.27. The second kappa shape index (κ2) is 12.0. The number of nitrogens with zero attached hydrogens (tertiary/aromatic N) is 1. The summed E-state index contributed by atoms with van der Waals surface area (Å²) in [6.07, 6.45) is 18.1. The topological polar surface area (TPSA) is 61.4 Å². The van der Waals surface area contributed by atoms with Crippen molar-refractivity contribution in [3.8, 4) is 0 Å². The predicted molar refractivity (Wildman–Crippen MR) is 109 cm³/mol. The number of allylic oxidation sites excluding steroid dienone is 3. The van der Waals surface area contributed by atoms with Crippen LogP contribution in [0.15, 0.2) is 23.9 Å². The number of nitrogens with one attached hydrogen (secondary N) is 2. The molecule has 2 aliphatic rings. The van der Waals surface area contributed by atoms with Crippen LogP contribution in [0, 0.1) is 5.92 Å². The van der Waals surface area contributed by atoms with Crippen LogP contribution in [0.1, 0.15) is 70.6 Å². The number of thiol groups is 1. The van der Waals surface area contributed by atoms with Crippen molar-refractivity contribution in [2.75, 3.05) is 13.1 Å². The molecule has 2 rings (SSSR count). The molecule has 3 amide bonds. The van der Waals surface area contributed by atoms with Crippen molar-refractivity contribution in [2.24, 2.45) is 5.92 Å². The first kappa shape index (κ1) is 20.9. The van der Waals surface area contributed by atoms with Gasteiger partial charge in [-0.3, -0.25) is 4.79 Å². The van der Waals surface area contributed by atoms with Crippen molar-refractivity contribution in [3.05, 3.63) is 23.9 Å². The van der Waals surface area contributed by atoms with Gasteiger partial charge in [-0.15, -0.1) is 0 Å². The Kier molecular flexibility index (Phi) is 9.67. The van der Waals surface area contributed by atoms with E-state index in [9.17, 15) is 9.59 Å². The molecule has 0 unspecified atom stereocenters. The first-order chi connectivity index (χ1) is 12.7. The third-order valence-corrected chi connectivity index (χ3v) is 5.50. The summed E-state index contributed by atoms with van der Waals surface area (Å²) in [5.41, 5.74) is 0.881. The number of rotatable bonds is 9. The lowest BCUT2D eigenvalue weighted by Crippen LogP contribution is -2.41. The Morgan fingerprint density at radius 1 is 1.12 bits per heavy atom. The molecule has 0 aromatic rings. The van der Waals surface area contributed by atoms with Crippen molar-refractivity contribution in [1.82, 2.24) is 14.9 Å². The number of amides is 3. The molecule has 1 fully saturated rings. The summed E-state index contributed by atoms with van der Waals surface area (Å²) in [5.74, 6) is 0.724. The van der Waals surface area contributed by atoms with Crippen LogP contribution in [0.5, 0.6) is 0 Å². The molecule has 26 heavy (non-hydrogen) atoms. The lowest BCUT2D eigenvalue weighted by atomic mass is 9.86. The Balaban J connectivity index is 1.80. The van der Waals surface area contributed by atoms with Gasteiger partial charge in [-0.1, -0.05) is 57.1 Å². The van der Waals surface area contributed by atoms with E-state index in [0.717, 1.165) is 37.4 Å². The van der Waals surface area contributed by atoms with Crippen molar-refractivity contribution < 1.29 is 9.59 Å². The van der Waals surface area contributed by atoms with Gasteiger partial charge in [0.25, 0.3) is 0 Å². The van der Waals surface area contributed by atoms with Gasteiger partial charge in [-0.2, -0.15) is 0 Å². The molecule has 0 saturated heterocycles. The van der Waals surface area contributed by atoms with E-state index in [-0.39, 0.29) is 11.9 Å². The molecular formula is C20H33N3O2S. The lowest BCUT2D eigenvalue weighted by molar-refractivity contribution is -0.119. The quantitative estimate of drug-likeness (QED) is 0.522. The van der Waals surface area contributed by atoms with Crippen molar-refractivity contribution in [3.63, 3.8) is 0 Å². The van der Waals surface area contributed by atoms with Gasteiger partial charge in [0.1, 0.15) is 0 Å². The number of hydrogen-bond acceptors (Lipinski definition) is 3. The van der Waals surface area contributed by atoms with Gasteiger partial charge in [-0.25, -0.2) is 4.79 Å². The summed E-state index contributed by atoms with van der Waals surface area (Å²) >= 11 is 3.78. The Labute approximate surface area is 163 Å². The highest BCUT2D eigenvalue weighted by Gasteiger charge is 2.17. The van der Waals surface area contributed by atoms with E-state index in [1.54, 1.807) is 0 Å². The van der Waals surface area contributed by atoms with Crippen molar-refractivity contribution >= 4 is 24.8 Å². The predicted octanol–water partition coefficient (Wildman–Crippen LogP) is 4.33. The second-order valence-corrected chi connectivity index (χ2v) is 7.56. The zero-order valence-corrected chi connectivity index (χ0v) is 16.6. The van der Waals surface area contributed by atoms with Crippen LogP contribution in [-0.2, 0) is 4.79 Å². The van der Waals surface area contributed by atoms with E-state index in [1.807, 2.05) is 11.0 Å². The van der Waals surface area contributed by atoms with E-state index in [4.69, 9.17) is 0 Å². The summed E-state index contributed by atoms with van der Waals surface area (Å²) < 4.78 is 2.34. The fourth-order valence-electron chi connectivity index (χ4n) is 3.76. The molecule has 1 saturated carbocycles. The Hall–Kier alpha value is -1.43. The van der Waals surface area contributed by atoms with E-state index in [2.05, 4.69) is 35.0 Å². The number of hydrogen-bond donors (Lipinski definition) is 3. The summed E-state index contributed by atoms with van der Waals surface area (Å²) in [7, 11) is 0. The lowest BCUT2D eigenvalue weighted by Gasteiger charge is -2.26. The van der Waals surface area contributed by atoms with Crippen LogP contribution >= 0.6 is 12.8 Å². The monoisotopic (exact) mass is 379 g/mol. The van der Waals surface area contributed by atoms with Gasteiger partial charge >= 0.3 is 6.03 Å². The third-order valence-electron chi connectivity index (χ3n) is 5.26. The van der Waals surface area contributed by atoms with Crippen LogP contribution in [0.3, 0.4) is 0 Å².